The monoisotopic (exact) mass is 395 g/mol. The Bertz CT molecular complexity index is 939. The van der Waals surface area contributed by atoms with Gasteiger partial charge in [-0.25, -0.2) is 9.97 Å². The number of aromatic nitrogens is 3. The van der Waals surface area contributed by atoms with Crippen molar-refractivity contribution < 1.29 is 9.53 Å². The van der Waals surface area contributed by atoms with Crippen LogP contribution in [0.1, 0.15) is 23.3 Å². The molecular formula is C20H21N5O2S. The van der Waals surface area contributed by atoms with Crippen LogP contribution in [0.25, 0.3) is 10.6 Å². The molecule has 144 valence electrons. The van der Waals surface area contributed by atoms with Crippen LogP contribution < -0.4 is 10.1 Å². The molecular weight excluding hydrogens is 374 g/mol. The summed E-state index contributed by atoms with van der Waals surface area (Å²) in [6, 6.07) is 7.79. The number of thiazole rings is 1. The fourth-order valence-electron chi connectivity index (χ4n) is 3.21. The van der Waals surface area contributed by atoms with E-state index in [0.29, 0.717) is 18.8 Å². The summed E-state index contributed by atoms with van der Waals surface area (Å²) in [5, 5.41) is 6.11. The minimum Gasteiger partial charge on any atom is -0.497 e. The molecule has 0 spiro atoms. The maximum atomic E-state index is 12.8. The van der Waals surface area contributed by atoms with Gasteiger partial charge in [0.25, 0.3) is 5.91 Å². The Morgan fingerprint density at radius 3 is 2.75 bits per heavy atom. The van der Waals surface area contributed by atoms with E-state index in [2.05, 4.69) is 20.3 Å². The molecule has 0 unspecified atom stereocenters. The lowest BCUT2D eigenvalue weighted by Gasteiger charge is -2.32. The second kappa shape index (κ2) is 8.35. The minimum atomic E-state index is -0.00508. The van der Waals surface area contributed by atoms with Crippen LogP contribution in [-0.2, 0) is 0 Å². The van der Waals surface area contributed by atoms with Crippen LogP contribution in [0.4, 0.5) is 5.82 Å². The highest BCUT2D eigenvalue weighted by Gasteiger charge is 2.25. The van der Waals surface area contributed by atoms with Gasteiger partial charge in [0, 0.05) is 54.7 Å². The zero-order valence-corrected chi connectivity index (χ0v) is 16.4. The summed E-state index contributed by atoms with van der Waals surface area (Å²) >= 11 is 1.48. The van der Waals surface area contributed by atoms with Crippen LogP contribution in [0.5, 0.6) is 5.75 Å². The first-order valence-corrected chi connectivity index (χ1v) is 10.0. The lowest BCUT2D eigenvalue weighted by atomic mass is 10.0. The van der Waals surface area contributed by atoms with Crippen molar-refractivity contribution in [3.8, 4) is 16.3 Å². The average molecular weight is 395 g/mol. The number of carbonyl (C=O) groups is 1. The SMILES string of the molecule is COc1ccnc(NC2CCN(C(=O)c3csc(-c4ccncc4)n3)CC2)c1. The number of rotatable bonds is 5. The van der Waals surface area contributed by atoms with E-state index in [9.17, 15) is 4.79 Å². The summed E-state index contributed by atoms with van der Waals surface area (Å²) in [5.41, 5.74) is 1.49. The summed E-state index contributed by atoms with van der Waals surface area (Å²) in [5.74, 6) is 1.57. The molecule has 1 amide bonds. The first-order chi connectivity index (χ1) is 13.7. The molecule has 4 rings (SSSR count). The fourth-order valence-corrected chi connectivity index (χ4v) is 4.01. The van der Waals surface area contributed by atoms with Gasteiger partial charge in [0.1, 0.15) is 22.3 Å². The molecule has 4 heterocycles. The Labute approximate surface area is 167 Å². The van der Waals surface area contributed by atoms with Crippen molar-refractivity contribution in [1.82, 2.24) is 19.9 Å². The lowest BCUT2D eigenvalue weighted by molar-refractivity contribution is 0.0713. The number of pyridine rings is 2. The van der Waals surface area contributed by atoms with E-state index >= 15 is 0 Å². The Balaban J connectivity index is 1.34. The van der Waals surface area contributed by atoms with Crippen molar-refractivity contribution >= 4 is 23.1 Å². The number of hydrogen-bond donors (Lipinski definition) is 1. The third-order valence-electron chi connectivity index (χ3n) is 4.75. The quantitative estimate of drug-likeness (QED) is 0.714. The van der Waals surface area contributed by atoms with E-state index in [1.54, 1.807) is 25.7 Å². The van der Waals surface area contributed by atoms with Crippen LogP contribution in [-0.4, -0.2) is 52.0 Å². The molecule has 3 aromatic heterocycles. The number of ether oxygens (including phenoxy) is 1. The highest BCUT2D eigenvalue weighted by atomic mass is 32.1. The summed E-state index contributed by atoms with van der Waals surface area (Å²) in [6.45, 7) is 1.39. The summed E-state index contributed by atoms with van der Waals surface area (Å²) in [7, 11) is 1.64. The minimum absolute atomic E-state index is 0.00508. The first kappa shape index (κ1) is 18.4. The van der Waals surface area contributed by atoms with E-state index in [4.69, 9.17) is 4.74 Å². The second-order valence-corrected chi connectivity index (χ2v) is 7.42. The Hall–Kier alpha value is -3.00. The highest BCUT2D eigenvalue weighted by molar-refractivity contribution is 7.13. The number of nitrogens with one attached hydrogen (secondary N) is 1. The smallest absolute Gasteiger partial charge is 0.273 e. The zero-order valence-electron chi connectivity index (χ0n) is 15.5. The van der Waals surface area contributed by atoms with E-state index in [0.717, 1.165) is 35.0 Å². The fraction of sp³-hybridized carbons (Fsp3) is 0.300. The van der Waals surface area contributed by atoms with Gasteiger partial charge in [-0.15, -0.1) is 11.3 Å². The predicted molar refractivity (Wildman–Crippen MR) is 109 cm³/mol. The molecule has 1 fully saturated rings. The molecule has 3 aromatic rings. The molecule has 1 aliphatic rings. The van der Waals surface area contributed by atoms with Crippen molar-refractivity contribution in [3.63, 3.8) is 0 Å². The molecule has 0 atom stereocenters. The van der Waals surface area contributed by atoms with Crippen molar-refractivity contribution in [2.75, 3.05) is 25.5 Å². The predicted octanol–water partition coefficient (Wildman–Crippen LogP) is 3.33. The zero-order chi connectivity index (χ0) is 19.3. The van der Waals surface area contributed by atoms with Gasteiger partial charge < -0.3 is 15.0 Å². The third-order valence-corrected chi connectivity index (χ3v) is 5.64. The number of methoxy groups -OCH3 is 1. The molecule has 0 aromatic carbocycles. The van der Waals surface area contributed by atoms with Crippen LogP contribution in [0.2, 0.25) is 0 Å². The molecule has 0 bridgehead atoms. The molecule has 28 heavy (non-hydrogen) atoms. The van der Waals surface area contributed by atoms with E-state index < -0.39 is 0 Å². The van der Waals surface area contributed by atoms with Gasteiger partial charge >= 0.3 is 0 Å². The lowest BCUT2D eigenvalue weighted by Crippen LogP contribution is -2.42. The number of piperidine rings is 1. The Morgan fingerprint density at radius 1 is 1.21 bits per heavy atom. The molecule has 1 N–H and O–H groups in total. The summed E-state index contributed by atoms with van der Waals surface area (Å²) in [6.07, 6.45) is 6.92. The Kier molecular flexibility index (Phi) is 5.48. The summed E-state index contributed by atoms with van der Waals surface area (Å²) in [4.78, 5) is 27.5. The maximum absolute atomic E-state index is 12.8. The first-order valence-electron chi connectivity index (χ1n) is 9.15. The maximum Gasteiger partial charge on any atom is 0.273 e. The van der Waals surface area contributed by atoms with E-state index in [-0.39, 0.29) is 11.9 Å². The molecule has 0 saturated carbocycles. The van der Waals surface area contributed by atoms with Gasteiger partial charge in [0.15, 0.2) is 0 Å². The van der Waals surface area contributed by atoms with Crippen molar-refractivity contribution in [3.05, 3.63) is 53.9 Å². The molecule has 7 nitrogen and oxygen atoms in total. The molecule has 0 radical (unpaired) electrons. The number of likely N-dealkylation sites (tertiary alicyclic amines) is 1. The van der Waals surface area contributed by atoms with Crippen molar-refractivity contribution in [2.45, 2.75) is 18.9 Å². The van der Waals surface area contributed by atoms with Crippen molar-refractivity contribution in [1.29, 1.82) is 0 Å². The van der Waals surface area contributed by atoms with E-state index in [1.807, 2.05) is 34.5 Å². The molecule has 1 aliphatic heterocycles. The number of hydrogen-bond acceptors (Lipinski definition) is 7. The van der Waals surface area contributed by atoms with Gasteiger partial charge in [-0.2, -0.15) is 0 Å². The summed E-state index contributed by atoms with van der Waals surface area (Å²) < 4.78 is 5.23. The van der Waals surface area contributed by atoms with Gasteiger partial charge in [0.2, 0.25) is 0 Å². The van der Waals surface area contributed by atoms with E-state index in [1.165, 1.54) is 11.3 Å². The number of anilines is 1. The number of carbonyl (C=O) groups excluding carboxylic acids is 1. The largest absolute Gasteiger partial charge is 0.497 e. The Morgan fingerprint density at radius 2 is 2.00 bits per heavy atom. The normalized spacial score (nSPS) is 14.7. The number of amides is 1. The average Bonchev–Trinajstić information content (AvgIpc) is 3.25. The standard InChI is InChI=1S/C20H21N5O2S/c1-27-16-4-9-22-18(12-16)23-15-5-10-25(11-6-15)20(26)17-13-28-19(24-17)14-2-7-21-8-3-14/h2-4,7-9,12-13,15H,5-6,10-11H2,1H3,(H,22,23). The third kappa shape index (κ3) is 4.12. The van der Waals surface area contributed by atoms with Crippen LogP contribution >= 0.6 is 11.3 Å². The van der Waals surface area contributed by atoms with Crippen LogP contribution in [0.3, 0.4) is 0 Å². The van der Waals surface area contributed by atoms with Gasteiger partial charge in [-0.1, -0.05) is 0 Å². The van der Waals surface area contributed by atoms with Crippen LogP contribution in [0, 0.1) is 0 Å². The second-order valence-electron chi connectivity index (χ2n) is 6.57. The molecule has 8 heteroatoms. The molecule has 1 saturated heterocycles. The van der Waals surface area contributed by atoms with Gasteiger partial charge in [0.05, 0.1) is 7.11 Å². The topological polar surface area (TPSA) is 80.2 Å². The highest BCUT2D eigenvalue weighted by Crippen LogP contribution is 2.25. The number of nitrogens with zero attached hydrogens (tertiary/aromatic N) is 4. The van der Waals surface area contributed by atoms with Gasteiger partial charge in [-0.3, -0.25) is 9.78 Å². The van der Waals surface area contributed by atoms with Crippen LogP contribution in [0.15, 0.2) is 48.2 Å². The van der Waals surface area contributed by atoms with Gasteiger partial charge in [-0.05, 0) is 31.0 Å². The van der Waals surface area contributed by atoms with Crippen molar-refractivity contribution in [2.24, 2.45) is 0 Å². The molecule has 0 aliphatic carbocycles.